The molecular formula is C20H24N2O5. The number of hydrogen-bond donors (Lipinski definition) is 1. The van der Waals surface area contributed by atoms with E-state index in [1.165, 1.54) is 6.21 Å². The fourth-order valence-electron chi connectivity index (χ4n) is 2.51. The summed E-state index contributed by atoms with van der Waals surface area (Å²) >= 11 is 0. The van der Waals surface area contributed by atoms with Gasteiger partial charge in [0.05, 0.1) is 33.6 Å². The number of benzene rings is 2. The van der Waals surface area contributed by atoms with Crippen LogP contribution >= 0.6 is 0 Å². The van der Waals surface area contributed by atoms with Gasteiger partial charge in [-0.15, -0.1) is 0 Å². The second-order valence-corrected chi connectivity index (χ2v) is 5.65. The molecular weight excluding hydrogens is 348 g/mol. The molecule has 7 heteroatoms. The second kappa shape index (κ2) is 10.1. The number of rotatable bonds is 9. The van der Waals surface area contributed by atoms with Gasteiger partial charge in [-0.1, -0.05) is 23.4 Å². The van der Waals surface area contributed by atoms with Crippen molar-refractivity contribution in [2.24, 2.45) is 5.16 Å². The highest BCUT2D eigenvalue weighted by Crippen LogP contribution is 2.27. The second-order valence-electron chi connectivity index (χ2n) is 5.65. The van der Waals surface area contributed by atoms with Crippen LogP contribution in [0.1, 0.15) is 24.1 Å². The number of amides is 1. The zero-order chi connectivity index (χ0) is 19.6. The van der Waals surface area contributed by atoms with E-state index in [0.717, 1.165) is 16.9 Å². The minimum Gasteiger partial charge on any atom is -0.496 e. The van der Waals surface area contributed by atoms with Gasteiger partial charge in [-0.2, -0.15) is 0 Å². The van der Waals surface area contributed by atoms with E-state index in [2.05, 4.69) is 10.5 Å². The Morgan fingerprint density at radius 1 is 1.04 bits per heavy atom. The Labute approximate surface area is 158 Å². The van der Waals surface area contributed by atoms with Crippen LogP contribution in [0.15, 0.2) is 47.6 Å². The first-order valence-electron chi connectivity index (χ1n) is 8.38. The first-order valence-corrected chi connectivity index (χ1v) is 8.38. The first-order chi connectivity index (χ1) is 13.1. The third kappa shape index (κ3) is 5.64. The van der Waals surface area contributed by atoms with Gasteiger partial charge in [-0.3, -0.25) is 4.79 Å². The average Bonchev–Trinajstić information content (AvgIpc) is 2.70. The van der Waals surface area contributed by atoms with E-state index in [0.29, 0.717) is 11.5 Å². The van der Waals surface area contributed by atoms with Crippen LogP contribution in [0, 0.1) is 0 Å². The highest BCUT2D eigenvalue weighted by molar-refractivity contribution is 5.81. The molecule has 0 aliphatic heterocycles. The maximum Gasteiger partial charge on any atom is 0.261 e. The lowest BCUT2D eigenvalue weighted by Gasteiger charge is -2.16. The fraction of sp³-hybridized carbons (Fsp3) is 0.300. The highest BCUT2D eigenvalue weighted by Gasteiger charge is 2.13. The van der Waals surface area contributed by atoms with Gasteiger partial charge in [0, 0.05) is 11.1 Å². The molecule has 0 spiro atoms. The third-order valence-corrected chi connectivity index (χ3v) is 3.86. The average molecular weight is 372 g/mol. The Balaban J connectivity index is 1.86. The number of nitrogens with zero attached hydrogens (tertiary/aromatic N) is 1. The van der Waals surface area contributed by atoms with E-state index >= 15 is 0 Å². The number of oxime groups is 1. The molecule has 0 saturated heterocycles. The minimum absolute atomic E-state index is 0.191. The molecule has 0 radical (unpaired) electrons. The van der Waals surface area contributed by atoms with Crippen LogP contribution < -0.4 is 19.5 Å². The quantitative estimate of drug-likeness (QED) is 0.541. The summed E-state index contributed by atoms with van der Waals surface area (Å²) in [4.78, 5) is 17.1. The van der Waals surface area contributed by atoms with Crippen molar-refractivity contribution in [3.05, 3.63) is 53.6 Å². The molecule has 144 valence electrons. The number of ether oxygens (including phenoxy) is 3. The molecule has 1 amide bonds. The molecule has 7 nitrogen and oxygen atoms in total. The molecule has 1 N–H and O–H groups in total. The Hall–Kier alpha value is -3.22. The number of methoxy groups -OCH3 is 3. The molecule has 1 unspecified atom stereocenters. The van der Waals surface area contributed by atoms with E-state index in [-0.39, 0.29) is 18.6 Å². The number of carbonyl (C=O) groups excluding carboxylic acids is 1. The van der Waals surface area contributed by atoms with E-state index in [1.54, 1.807) is 39.5 Å². The largest absolute Gasteiger partial charge is 0.496 e. The van der Waals surface area contributed by atoms with E-state index in [4.69, 9.17) is 19.0 Å². The lowest BCUT2D eigenvalue weighted by molar-refractivity contribution is -0.126. The summed E-state index contributed by atoms with van der Waals surface area (Å²) in [5.74, 6) is 1.65. The smallest absolute Gasteiger partial charge is 0.261 e. The topological polar surface area (TPSA) is 78.4 Å². The molecule has 0 aliphatic carbocycles. The third-order valence-electron chi connectivity index (χ3n) is 3.86. The van der Waals surface area contributed by atoms with Crippen LogP contribution in [0.4, 0.5) is 0 Å². The van der Waals surface area contributed by atoms with Gasteiger partial charge < -0.3 is 24.4 Å². The van der Waals surface area contributed by atoms with Crippen molar-refractivity contribution in [1.29, 1.82) is 0 Å². The summed E-state index contributed by atoms with van der Waals surface area (Å²) in [5.41, 5.74) is 1.65. The van der Waals surface area contributed by atoms with Crippen LogP contribution in [0.3, 0.4) is 0 Å². The molecule has 0 fully saturated rings. The maximum absolute atomic E-state index is 12.0. The van der Waals surface area contributed by atoms with E-state index < -0.39 is 0 Å². The summed E-state index contributed by atoms with van der Waals surface area (Å²) < 4.78 is 15.7. The Morgan fingerprint density at radius 3 is 2.44 bits per heavy atom. The number of nitrogens with one attached hydrogen (secondary N) is 1. The SMILES string of the molecule is COc1ccc(/C=N/OCC(=O)NC(C)c2ccccc2OC)cc1OC. The fourth-order valence-corrected chi connectivity index (χ4v) is 2.51. The van der Waals surface area contributed by atoms with Gasteiger partial charge in [0.1, 0.15) is 5.75 Å². The van der Waals surface area contributed by atoms with Crippen LogP contribution in [0.5, 0.6) is 17.2 Å². The lowest BCUT2D eigenvalue weighted by Crippen LogP contribution is -2.29. The summed E-state index contributed by atoms with van der Waals surface area (Å²) in [7, 11) is 4.72. The molecule has 2 rings (SSSR count). The Morgan fingerprint density at radius 2 is 1.74 bits per heavy atom. The number of hydrogen-bond acceptors (Lipinski definition) is 6. The monoisotopic (exact) mass is 372 g/mol. The van der Waals surface area contributed by atoms with Crippen molar-refractivity contribution in [1.82, 2.24) is 5.32 Å². The van der Waals surface area contributed by atoms with Crippen LogP contribution in [-0.4, -0.2) is 40.1 Å². The van der Waals surface area contributed by atoms with E-state index in [1.807, 2.05) is 31.2 Å². The zero-order valence-electron chi connectivity index (χ0n) is 15.9. The molecule has 2 aromatic rings. The zero-order valence-corrected chi connectivity index (χ0v) is 15.9. The maximum atomic E-state index is 12.0. The highest BCUT2D eigenvalue weighted by atomic mass is 16.6. The van der Waals surface area contributed by atoms with Gasteiger partial charge in [0.25, 0.3) is 5.91 Å². The van der Waals surface area contributed by atoms with Crippen LogP contribution in [0.25, 0.3) is 0 Å². The standard InChI is InChI=1S/C20H24N2O5/c1-14(16-7-5-6-8-17(16)24-2)22-20(23)13-27-21-12-15-9-10-18(25-3)19(11-15)26-4/h5-12,14H,13H2,1-4H3,(H,22,23)/b21-12+. The lowest BCUT2D eigenvalue weighted by atomic mass is 10.1. The van der Waals surface area contributed by atoms with Crippen molar-refractivity contribution in [3.8, 4) is 17.2 Å². The normalized spacial score (nSPS) is 11.7. The molecule has 0 heterocycles. The van der Waals surface area contributed by atoms with Gasteiger partial charge in [-0.05, 0) is 31.2 Å². The van der Waals surface area contributed by atoms with Crippen molar-refractivity contribution < 1.29 is 23.8 Å². The molecule has 0 aliphatic rings. The van der Waals surface area contributed by atoms with Crippen molar-refractivity contribution >= 4 is 12.1 Å². The summed E-state index contributed by atoms with van der Waals surface area (Å²) in [6.07, 6.45) is 1.50. The molecule has 2 aromatic carbocycles. The van der Waals surface area contributed by atoms with Crippen LogP contribution in [-0.2, 0) is 9.63 Å². The summed E-state index contributed by atoms with van der Waals surface area (Å²) in [5, 5.41) is 6.67. The summed E-state index contributed by atoms with van der Waals surface area (Å²) in [6, 6.07) is 12.6. The van der Waals surface area contributed by atoms with Gasteiger partial charge in [0.15, 0.2) is 18.1 Å². The van der Waals surface area contributed by atoms with Crippen molar-refractivity contribution in [2.75, 3.05) is 27.9 Å². The predicted molar refractivity (Wildman–Crippen MR) is 103 cm³/mol. The molecule has 0 saturated carbocycles. The summed E-state index contributed by atoms with van der Waals surface area (Å²) in [6.45, 7) is 1.69. The predicted octanol–water partition coefficient (Wildman–Crippen LogP) is 2.94. The van der Waals surface area contributed by atoms with Gasteiger partial charge >= 0.3 is 0 Å². The molecule has 0 bridgehead atoms. The number of para-hydroxylation sites is 1. The first kappa shape index (κ1) is 20.1. The van der Waals surface area contributed by atoms with Gasteiger partial charge in [0.2, 0.25) is 0 Å². The Kier molecular flexibility index (Phi) is 7.49. The number of carbonyl (C=O) groups is 1. The van der Waals surface area contributed by atoms with Crippen molar-refractivity contribution in [2.45, 2.75) is 13.0 Å². The molecule has 27 heavy (non-hydrogen) atoms. The van der Waals surface area contributed by atoms with E-state index in [9.17, 15) is 4.79 Å². The van der Waals surface area contributed by atoms with Crippen LogP contribution in [0.2, 0.25) is 0 Å². The van der Waals surface area contributed by atoms with Crippen molar-refractivity contribution in [3.63, 3.8) is 0 Å². The van der Waals surface area contributed by atoms with Gasteiger partial charge in [-0.25, -0.2) is 0 Å². The molecule has 1 atom stereocenters. The molecule has 0 aromatic heterocycles. The minimum atomic E-state index is -0.280. The Bertz CT molecular complexity index is 792.